The van der Waals surface area contributed by atoms with Crippen molar-refractivity contribution in [3.8, 4) is 0 Å². The maximum atomic E-state index is 5.60. The van der Waals surface area contributed by atoms with Crippen molar-refractivity contribution in [3.05, 3.63) is 12.2 Å². The first-order chi connectivity index (χ1) is 9.35. The zero-order valence-electron chi connectivity index (χ0n) is 12.7. The Morgan fingerprint density at radius 1 is 0.842 bits per heavy atom. The Morgan fingerprint density at radius 2 is 1.42 bits per heavy atom. The molecule has 0 spiro atoms. The van der Waals surface area contributed by atoms with Crippen molar-refractivity contribution in [1.29, 1.82) is 0 Å². The van der Waals surface area contributed by atoms with Crippen LogP contribution in [-0.4, -0.2) is 25.4 Å². The monoisotopic (exact) mass is 290 g/mol. The average molecular weight is 291 g/mol. The molecule has 0 unspecified atom stereocenters. The predicted molar refractivity (Wildman–Crippen MR) is 83.8 cm³/mol. The second-order valence-electron chi connectivity index (χ2n) is 4.63. The summed E-state index contributed by atoms with van der Waals surface area (Å²) in [6.45, 7) is 5.51. The smallest absolute Gasteiger partial charge is 0.157 e. The molecule has 0 amide bonds. The molecule has 0 aromatic carbocycles. The summed E-state index contributed by atoms with van der Waals surface area (Å²) >= 11 is 5.60. The summed E-state index contributed by atoms with van der Waals surface area (Å²) in [5.41, 5.74) is 0. The SMILES string of the molecule is CCOC(CCCCCCC/C=C\CCCl)OCC. The van der Waals surface area contributed by atoms with Crippen LogP contribution in [0.1, 0.15) is 65.2 Å². The van der Waals surface area contributed by atoms with Crippen molar-refractivity contribution in [2.75, 3.05) is 19.1 Å². The van der Waals surface area contributed by atoms with E-state index in [0.717, 1.165) is 31.9 Å². The zero-order valence-corrected chi connectivity index (χ0v) is 13.5. The van der Waals surface area contributed by atoms with Gasteiger partial charge >= 0.3 is 0 Å². The number of unbranched alkanes of at least 4 members (excludes halogenated alkanes) is 5. The number of allylic oxidation sites excluding steroid dienone is 2. The van der Waals surface area contributed by atoms with E-state index < -0.39 is 0 Å². The highest BCUT2D eigenvalue weighted by Gasteiger charge is 2.06. The van der Waals surface area contributed by atoms with E-state index in [9.17, 15) is 0 Å². The Labute approximate surface area is 124 Å². The number of hydrogen-bond donors (Lipinski definition) is 0. The Hall–Kier alpha value is -0.0500. The van der Waals surface area contributed by atoms with Crippen molar-refractivity contribution in [3.63, 3.8) is 0 Å². The Bertz CT molecular complexity index is 189. The normalized spacial score (nSPS) is 11.8. The van der Waals surface area contributed by atoms with E-state index in [1.807, 2.05) is 13.8 Å². The van der Waals surface area contributed by atoms with Crippen molar-refractivity contribution < 1.29 is 9.47 Å². The van der Waals surface area contributed by atoms with Crippen molar-refractivity contribution in [2.45, 2.75) is 71.5 Å². The molecule has 0 aliphatic carbocycles. The topological polar surface area (TPSA) is 18.5 Å². The molecule has 3 heteroatoms. The highest BCUT2D eigenvalue weighted by molar-refractivity contribution is 6.17. The number of hydrogen-bond acceptors (Lipinski definition) is 2. The fourth-order valence-corrected chi connectivity index (χ4v) is 2.11. The number of rotatable bonds is 14. The lowest BCUT2D eigenvalue weighted by atomic mass is 10.1. The molecule has 0 aliphatic heterocycles. The zero-order chi connectivity index (χ0) is 14.2. The predicted octanol–water partition coefficient (Wildman–Crippen LogP) is 5.30. The lowest BCUT2D eigenvalue weighted by molar-refractivity contribution is -0.140. The van der Waals surface area contributed by atoms with Gasteiger partial charge in [-0.05, 0) is 46.0 Å². The third kappa shape index (κ3) is 14.2. The molecule has 0 rings (SSSR count). The van der Waals surface area contributed by atoms with Gasteiger partial charge in [0.1, 0.15) is 0 Å². The highest BCUT2D eigenvalue weighted by Crippen LogP contribution is 2.11. The second kappa shape index (κ2) is 16.0. The van der Waals surface area contributed by atoms with E-state index in [2.05, 4.69) is 12.2 Å². The summed E-state index contributed by atoms with van der Waals surface area (Å²) in [6, 6.07) is 0. The van der Waals surface area contributed by atoms with Crippen LogP contribution >= 0.6 is 11.6 Å². The Balaban J connectivity index is 3.28. The number of ether oxygens (including phenoxy) is 2. The molecule has 0 fully saturated rings. The summed E-state index contributed by atoms with van der Waals surface area (Å²) in [6.07, 6.45) is 14.1. The van der Waals surface area contributed by atoms with Gasteiger partial charge < -0.3 is 9.47 Å². The largest absolute Gasteiger partial charge is 0.353 e. The van der Waals surface area contributed by atoms with Gasteiger partial charge in [-0.2, -0.15) is 0 Å². The summed E-state index contributed by atoms with van der Waals surface area (Å²) in [7, 11) is 0. The van der Waals surface area contributed by atoms with Gasteiger partial charge in [0.2, 0.25) is 0 Å². The number of halogens is 1. The molecule has 0 N–H and O–H groups in total. The van der Waals surface area contributed by atoms with Gasteiger partial charge in [0.05, 0.1) is 0 Å². The molecule has 0 bridgehead atoms. The van der Waals surface area contributed by atoms with Crippen molar-refractivity contribution in [2.24, 2.45) is 0 Å². The summed E-state index contributed by atoms with van der Waals surface area (Å²) < 4.78 is 11.0. The summed E-state index contributed by atoms with van der Waals surface area (Å²) in [5.74, 6) is 0.733. The molecule has 0 atom stereocenters. The second-order valence-corrected chi connectivity index (χ2v) is 5.01. The summed E-state index contributed by atoms with van der Waals surface area (Å²) in [5, 5.41) is 0. The maximum absolute atomic E-state index is 5.60. The van der Waals surface area contributed by atoms with Gasteiger partial charge in [-0.25, -0.2) is 0 Å². The quantitative estimate of drug-likeness (QED) is 0.187. The molecule has 0 aromatic heterocycles. The van der Waals surface area contributed by atoms with Gasteiger partial charge in [0, 0.05) is 19.1 Å². The van der Waals surface area contributed by atoms with Crippen LogP contribution in [0.15, 0.2) is 12.2 Å². The molecule has 0 saturated carbocycles. The van der Waals surface area contributed by atoms with E-state index in [-0.39, 0.29) is 6.29 Å². The average Bonchev–Trinajstić information content (AvgIpc) is 2.41. The van der Waals surface area contributed by atoms with E-state index in [4.69, 9.17) is 21.1 Å². The fourth-order valence-electron chi connectivity index (χ4n) is 1.99. The Kier molecular flexibility index (Phi) is 16.0. The van der Waals surface area contributed by atoms with Crippen LogP contribution in [0, 0.1) is 0 Å². The first kappa shape index (κ1) is 18.9. The first-order valence-electron chi connectivity index (χ1n) is 7.79. The standard InChI is InChI=1S/C16H31ClO2/c1-3-18-16(19-4-2)14-12-10-8-6-5-7-9-11-13-15-17/h9,11,16H,3-8,10,12-15H2,1-2H3/b11-9-. The van der Waals surface area contributed by atoms with E-state index in [0.29, 0.717) is 0 Å². The number of alkyl halides is 1. The van der Waals surface area contributed by atoms with Crippen LogP contribution in [0.4, 0.5) is 0 Å². The Morgan fingerprint density at radius 3 is 2.05 bits per heavy atom. The minimum atomic E-state index is 0.00786. The molecule has 0 radical (unpaired) electrons. The first-order valence-corrected chi connectivity index (χ1v) is 8.32. The molecule has 0 saturated heterocycles. The van der Waals surface area contributed by atoms with Crippen LogP contribution in [-0.2, 0) is 9.47 Å². The van der Waals surface area contributed by atoms with Crippen LogP contribution < -0.4 is 0 Å². The van der Waals surface area contributed by atoms with Crippen molar-refractivity contribution >= 4 is 11.6 Å². The van der Waals surface area contributed by atoms with Gasteiger partial charge in [0.15, 0.2) is 6.29 Å². The van der Waals surface area contributed by atoms with E-state index >= 15 is 0 Å². The molecule has 19 heavy (non-hydrogen) atoms. The van der Waals surface area contributed by atoms with Crippen LogP contribution in [0.25, 0.3) is 0 Å². The van der Waals surface area contributed by atoms with Crippen molar-refractivity contribution in [1.82, 2.24) is 0 Å². The van der Waals surface area contributed by atoms with Crippen LogP contribution in [0.3, 0.4) is 0 Å². The molecule has 114 valence electrons. The summed E-state index contributed by atoms with van der Waals surface area (Å²) in [4.78, 5) is 0. The van der Waals surface area contributed by atoms with Crippen LogP contribution in [0.5, 0.6) is 0 Å². The maximum Gasteiger partial charge on any atom is 0.157 e. The third-order valence-corrected chi connectivity index (χ3v) is 3.18. The third-order valence-electron chi connectivity index (χ3n) is 2.96. The van der Waals surface area contributed by atoms with E-state index in [1.165, 1.54) is 38.5 Å². The fraction of sp³-hybridized carbons (Fsp3) is 0.875. The van der Waals surface area contributed by atoms with Crippen LogP contribution in [0.2, 0.25) is 0 Å². The molecular weight excluding hydrogens is 260 g/mol. The minimum absolute atomic E-state index is 0.00786. The lowest BCUT2D eigenvalue weighted by Gasteiger charge is -2.16. The molecule has 0 aliphatic rings. The van der Waals surface area contributed by atoms with Gasteiger partial charge in [-0.15, -0.1) is 11.6 Å². The van der Waals surface area contributed by atoms with E-state index in [1.54, 1.807) is 0 Å². The molecule has 0 heterocycles. The lowest BCUT2D eigenvalue weighted by Crippen LogP contribution is -2.17. The van der Waals surface area contributed by atoms with Gasteiger partial charge in [-0.3, -0.25) is 0 Å². The highest BCUT2D eigenvalue weighted by atomic mass is 35.5. The molecular formula is C16H31ClO2. The molecule has 2 nitrogen and oxygen atoms in total. The minimum Gasteiger partial charge on any atom is -0.353 e. The molecule has 0 aromatic rings. The van der Waals surface area contributed by atoms with Gasteiger partial charge in [-0.1, -0.05) is 31.4 Å². The van der Waals surface area contributed by atoms with Gasteiger partial charge in [0.25, 0.3) is 0 Å².